The second kappa shape index (κ2) is 47.8. The van der Waals surface area contributed by atoms with Gasteiger partial charge in [-0.25, -0.2) is 53.5 Å². The van der Waals surface area contributed by atoms with Crippen LogP contribution < -0.4 is 36.0 Å². The number of thiophene rings is 4. The number of nitrogens with zero attached hydrogens (tertiary/aromatic N) is 14. The van der Waals surface area contributed by atoms with Crippen LogP contribution in [0.4, 0.5) is 31.4 Å². The highest BCUT2D eigenvalue weighted by molar-refractivity contribution is 7.09. The first-order valence-corrected chi connectivity index (χ1v) is 52.4. The van der Waals surface area contributed by atoms with Crippen LogP contribution in [0.3, 0.4) is 0 Å². The number of pyridine rings is 4. The molecule has 41 heteroatoms. The SMILES string of the molecule is CC(C)(C)OC(=O)N1CCN(c2ccc(CNC(=O)c3cccn4c(C(=O)O)c(-c5ccsc5)nc34)cc2)CC1.CCOC(=O)c1c(-c2ccsc2)nc2c(C(=O)NCc3ccc(N4CCN(C(=O)OC(C)(C)C)CC4)cc3)cccn12.CCOC(=O)c1c(-c2ccsc2)nc2c(C(=O)O)cccn12.CC[C@@H](CO)NC(=O)c1c(-c2ccsc2)nc2c(C(=O)NCc3ccc(N4CCN(C(=O)OC(C)(C)C)CC4)cc3)cccn12. The van der Waals surface area contributed by atoms with Gasteiger partial charge >= 0.3 is 42.2 Å². The van der Waals surface area contributed by atoms with Gasteiger partial charge in [0.05, 0.1) is 42.6 Å². The molecule has 7 amide bonds. The fraction of sp³-hybridized carbons (Fsp3) is 0.324. The van der Waals surface area contributed by atoms with Gasteiger partial charge in [-0.1, -0.05) is 43.3 Å². The summed E-state index contributed by atoms with van der Waals surface area (Å²) < 4.78 is 33.0. The van der Waals surface area contributed by atoms with Crippen LogP contribution in [0.2, 0.25) is 0 Å². The Morgan fingerprint density at radius 2 is 0.624 bits per heavy atom. The lowest BCUT2D eigenvalue weighted by atomic mass is 10.1. The first-order valence-electron chi connectivity index (χ1n) is 48.6. The maximum absolute atomic E-state index is 13.4. The Kier molecular flexibility index (Phi) is 34.4. The summed E-state index contributed by atoms with van der Waals surface area (Å²) in [5.41, 5.74) is 12.3. The van der Waals surface area contributed by atoms with Crippen LogP contribution >= 0.6 is 45.3 Å². The lowest BCUT2D eigenvalue weighted by Gasteiger charge is -2.36. The van der Waals surface area contributed by atoms with Crippen LogP contribution in [0.25, 0.3) is 67.6 Å². The Morgan fingerprint density at radius 3 is 0.886 bits per heavy atom. The number of piperazine rings is 3. The lowest BCUT2D eigenvalue weighted by Crippen LogP contribution is -2.50. The quantitative estimate of drug-likeness (QED) is 0.0195. The standard InChI is InChI=1S/C33H40N6O5S.C31H35N5O5S.C29H31N5O5S.C15H12N2O4S/c1-5-24(20-40)35-31(42)28-27(23-12-18-45-21-23)36-29-26(7-6-13-39(28)29)30(41)34-19-22-8-10-25(11-9-22)37-14-16-38(17-15-37)32(43)44-33(2,3)4;1-5-40-29(38)26-25(22-12-18-42-20-22)33-27-24(7-6-13-36(26)27)28(37)32-19-21-8-10-23(11-9-21)34-14-16-35(17-15-34)30(39)41-31(2,3)4;1-29(2,3)39-28(38)33-14-12-32(13-15-33)21-8-6-19(7-9-21)17-30-26(35)22-5-4-11-34-24(27(36)37)23(31-25(22)34)20-10-16-40-18-20;1-2-21-15(20)12-11(9-5-7-22-8-9)16-13-10(14(18)19)4-3-6-17(12)13/h6-13,18,21,24,40H,5,14-17,19-20H2,1-4H3,(H,34,41)(H,35,42);6-13,18,20H,5,14-17,19H2,1-4H3,(H,32,37);4-11,16,18H,12-15,17H2,1-3H3,(H,30,35)(H,36,37);3-8H,2H2,1H3,(H,18,19)/t24-;;;/m0.../s1. The second-order valence-corrected chi connectivity index (χ2v) is 41.1. The van der Waals surface area contributed by atoms with E-state index in [4.69, 9.17) is 33.7 Å². The number of carboxylic acid groups (broad SMARTS) is 2. The van der Waals surface area contributed by atoms with E-state index in [0.717, 1.165) is 50.4 Å². The number of hydrogen-bond donors (Lipinski definition) is 7. The molecule has 12 aromatic heterocycles. The van der Waals surface area contributed by atoms with Crippen LogP contribution in [-0.2, 0) is 43.3 Å². The molecule has 0 saturated carbocycles. The molecular weight excluding hydrogens is 1980 g/mol. The molecule has 3 aliphatic rings. The number of esters is 2. The molecule has 18 rings (SSSR count). The Bertz CT molecular complexity index is 7280. The van der Waals surface area contributed by atoms with Crippen LogP contribution in [0, 0.1) is 0 Å². The predicted molar refractivity (Wildman–Crippen MR) is 571 cm³/mol. The number of hydrogen-bond acceptors (Lipinski definition) is 28. The maximum atomic E-state index is 13.4. The number of nitrogens with one attached hydrogen (secondary N) is 4. The van der Waals surface area contributed by atoms with E-state index in [1.165, 1.54) is 60.2 Å². The van der Waals surface area contributed by atoms with E-state index in [0.29, 0.717) is 178 Å². The first kappa shape index (κ1) is 107. The molecular formula is C108H118N18O19S4. The van der Waals surface area contributed by atoms with Gasteiger partial charge in [0.1, 0.15) is 50.8 Å². The van der Waals surface area contributed by atoms with Crippen molar-refractivity contribution in [3.8, 4) is 45.0 Å². The minimum absolute atomic E-state index is 0.0190. The van der Waals surface area contributed by atoms with Crippen molar-refractivity contribution in [1.82, 2.24) is 73.5 Å². The van der Waals surface area contributed by atoms with Gasteiger partial charge in [0, 0.05) is 184 Å². The van der Waals surface area contributed by atoms with Crippen molar-refractivity contribution in [3.63, 3.8) is 0 Å². The fourth-order valence-corrected chi connectivity index (χ4v) is 19.4. The molecule has 0 bridgehead atoms. The zero-order chi connectivity index (χ0) is 106. The number of aromatic carboxylic acids is 2. The summed E-state index contributed by atoms with van der Waals surface area (Å²) in [5.74, 6) is -4.53. The number of carboxylic acids is 2. The van der Waals surface area contributed by atoms with Crippen molar-refractivity contribution in [3.05, 3.63) is 275 Å². The third kappa shape index (κ3) is 26.2. The van der Waals surface area contributed by atoms with Crippen LogP contribution in [-0.4, -0.2) is 255 Å². The van der Waals surface area contributed by atoms with E-state index in [9.17, 15) is 68.1 Å². The third-order valence-electron chi connectivity index (χ3n) is 24.2. The molecule has 1 atom stereocenters. The molecule has 0 unspecified atom stereocenters. The van der Waals surface area contributed by atoms with Crippen LogP contribution in [0.1, 0.15) is 190 Å². The number of carbonyl (C=O) groups excluding carboxylic acids is 9. The normalized spacial score (nSPS) is 13.5. The zero-order valence-electron chi connectivity index (χ0n) is 84.6. The number of fused-ring (bicyclic) bond motifs is 4. The third-order valence-corrected chi connectivity index (χ3v) is 26.9. The largest absolute Gasteiger partial charge is 0.478 e. The van der Waals surface area contributed by atoms with Gasteiger partial charge in [-0.15, -0.1) is 0 Å². The number of benzene rings is 3. The van der Waals surface area contributed by atoms with E-state index >= 15 is 0 Å². The summed E-state index contributed by atoms with van der Waals surface area (Å²) in [5, 5.41) is 55.6. The molecule has 149 heavy (non-hydrogen) atoms. The molecule has 15 aromatic rings. The highest BCUT2D eigenvalue weighted by atomic mass is 32.1. The van der Waals surface area contributed by atoms with Crippen molar-refractivity contribution in [1.29, 1.82) is 0 Å². The van der Waals surface area contributed by atoms with Crippen molar-refractivity contribution >= 4 is 151 Å². The van der Waals surface area contributed by atoms with Gasteiger partial charge in [0.25, 0.3) is 23.6 Å². The van der Waals surface area contributed by atoms with E-state index in [1.54, 1.807) is 105 Å². The molecule has 3 fully saturated rings. The number of amides is 7. The topological polar surface area (TPSA) is 431 Å². The number of aliphatic hydroxyl groups excluding tert-OH is 1. The fourth-order valence-electron chi connectivity index (χ4n) is 16.8. The highest BCUT2D eigenvalue weighted by Crippen LogP contribution is 2.36. The number of rotatable bonds is 26. The first-order chi connectivity index (χ1) is 71.4. The summed E-state index contributed by atoms with van der Waals surface area (Å²) in [7, 11) is 0. The van der Waals surface area contributed by atoms with Gasteiger partial charge in [-0.05, 0) is 230 Å². The number of ether oxygens (including phenoxy) is 5. The van der Waals surface area contributed by atoms with Crippen LogP contribution in [0.5, 0.6) is 0 Å². The average molecular weight is 2100 g/mol. The Hall–Kier alpha value is -15.9. The summed E-state index contributed by atoms with van der Waals surface area (Å²) in [6.45, 7) is 31.2. The monoisotopic (exact) mass is 2100 g/mol. The smallest absolute Gasteiger partial charge is 0.410 e. The number of anilines is 3. The molecule has 7 N–H and O–H groups in total. The Labute approximate surface area is 875 Å². The zero-order valence-corrected chi connectivity index (χ0v) is 87.8. The van der Waals surface area contributed by atoms with E-state index in [-0.39, 0.29) is 84.3 Å². The van der Waals surface area contributed by atoms with E-state index < -0.39 is 46.7 Å². The molecule has 778 valence electrons. The Balaban J connectivity index is 0.000000152. The van der Waals surface area contributed by atoms with Gasteiger partial charge in [0.15, 0.2) is 39.7 Å². The molecule has 0 radical (unpaired) electrons. The number of imidazole rings is 4. The lowest BCUT2D eigenvalue weighted by molar-refractivity contribution is 0.0230. The van der Waals surface area contributed by atoms with Crippen molar-refractivity contribution in [2.45, 2.75) is 132 Å². The minimum Gasteiger partial charge on any atom is -0.478 e. The van der Waals surface area contributed by atoms with Crippen molar-refractivity contribution in [2.24, 2.45) is 0 Å². The van der Waals surface area contributed by atoms with E-state index in [2.05, 4.69) is 45.9 Å². The van der Waals surface area contributed by atoms with Gasteiger partial charge in [-0.3, -0.25) is 36.8 Å². The highest BCUT2D eigenvalue weighted by Gasteiger charge is 2.35. The van der Waals surface area contributed by atoms with E-state index in [1.807, 2.05) is 209 Å². The molecule has 37 nitrogen and oxygen atoms in total. The molecule has 0 spiro atoms. The number of carbonyl (C=O) groups is 11. The second-order valence-electron chi connectivity index (χ2n) is 38.0. The summed E-state index contributed by atoms with van der Waals surface area (Å²) in [4.78, 5) is 169. The van der Waals surface area contributed by atoms with Crippen LogP contribution in [0.15, 0.2) is 213 Å². The molecule has 3 aromatic carbocycles. The molecule has 15 heterocycles. The molecule has 3 saturated heterocycles. The minimum atomic E-state index is -1.11. The van der Waals surface area contributed by atoms with Crippen molar-refractivity contribution in [2.75, 3.05) is 113 Å². The predicted octanol–water partition coefficient (Wildman–Crippen LogP) is 17.5. The number of aliphatic hydroxyl groups is 1. The summed E-state index contributed by atoms with van der Waals surface area (Å²) in [6, 6.07) is 44.1. The summed E-state index contributed by atoms with van der Waals surface area (Å²) in [6.07, 6.45) is 6.37. The molecule has 3 aliphatic heterocycles. The van der Waals surface area contributed by atoms with Gasteiger partial charge in [-0.2, -0.15) is 45.3 Å². The van der Waals surface area contributed by atoms with Gasteiger partial charge < -0.3 is 89.7 Å². The maximum Gasteiger partial charge on any atom is 0.410 e. The Morgan fingerprint density at radius 1 is 0.349 bits per heavy atom. The molecule has 0 aliphatic carbocycles. The summed E-state index contributed by atoms with van der Waals surface area (Å²) >= 11 is 5.91. The van der Waals surface area contributed by atoms with Gasteiger partial charge in [0.2, 0.25) is 0 Å². The average Bonchev–Trinajstić information content (AvgIpc) is 1.62. The van der Waals surface area contributed by atoms with Crippen molar-refractivity contribution < 1.29 is 91.7 Å². The number of aromatic nitrogens is 8.